The predicted octanol–water partition coefficient (Wildman–Crippen LogP) is 3.06. The van der Waals surface area contributed by atoms with Crippen LogP contribution in [0.1, 0.15) is 18.9 Å². The van der Waals surface area contributed by atoms with Crippen LogP contribution in [0.5, 0.6) is 0 Å². The van der Waals surface area contributed by atoms with Gasteiger partial charge in [-0.2, -0.15) is 0 Å². The Morgan fingerprint density at radius 2 is 2.19 bits per heavy atom. The Morgan fingerprint density at radius 3 is 2.75 bits per heavy atom. The smallest absolute Gasteiger partial charge is 0.305 e. The van der Waals surface area contributed by atoms with E-state index in [2.05, 4.69) is 15.9 Å². The molecule has 0 aliphatic carbocycles. The van der Waals surface area contributed by atoms with Crippen molar-refractivity contribution in [2.24, 2.45) is 0 Å². The molecule has 1 aromatic rings. The van der Waals surface area contributed by atoms with Crippen molar-refractivity contribution >= 4 is 27.6 Å². The van der Waals surface area contributed by atoms with E-state index in [9.17, 15) is 4.79 Å². The summed E-state index contributed by atoms with van der Waals surface area (Å²) >= 11 is 3.42. The quantitative estimate of drug-likeness (QED) is 0.924. The molecule has 0 fully saturated rings. The fourth-order valence-electron chi connectivity index (χ4n) is 1.59. The van der Waals surface area contributed by atoms with Crippen molar-refractivity contribution in [3.63, 3.8) is 0 Å². The van der Waals surface area contributed by atoms with Crippen LogP contribution in [-0.4, -0.2) is 24.2 Å². The number of carboxylic acids is 1. The van der Waals surface area contributed by atoms with Gasteiger partial charge in [-0.25, -0.2) is 0 Å². The van der Waals surface area contributed by atoms with Gasteiger partial charge in [-0.05, 0) is 31.5 Å². The molecule has 16 heavy (non-hydrogen) atoms. The minimum Gasteiger partial charge on any atom is -0.481 e. The van der Waals surface area contributed by atoms with E-state index in [1.165, 1.54) is 0 Å². The van der Waals surface area contributed by atoms with E-state index in [1.807, 2.05) is 44.0 Å². The highest BCUT2D eigenvalue weighted by atomic mass is 79.9. The van der Waals surface area contributed by atoms with Gasteiger partial charge in [0.05, 0.1) is 6.42 Å². The third kappa shape index (κ3) is 3.23. The second kappa shape index (κ2) is 5.34. The fourth-order valence-corrected chi connectivity index (χ4v) is 1.94. The van der Waals surface area contributed by atoms with Crippen LogP contribution in [0.4, 0.5) is 5.69 Å². The first-order valence-corrected chi connectivity index (χ1v) is 5.92. The molecule has 0 bridgehead atoms. The highest BCUT2D eigenvalue weighted by Gasteiger charge is 2.15. The van der Waals surface area contributed by atoms with Gasteiger partial charge in [-0.1, -0.05) is 22.0 Å². The van der Waals surface area contributed by atoms with Crippen LogP contribution in [0.25, 0.3) is 0 Å². The Kier molecular flexibility index (Phi) is 4.35. The molecule has 0 aliphatic rings. The highest BCUT2D eigenvalue weighted by Crippen LogP contribution is 2.25. The fraction of sp³-hybridized carbons (Fsp3) is 0.417. The maximum absolute atomic E-state index is 10.7. The van der Waals surface area contributed by atoms with Gasteiger partial charge in [0.25, 0.3) is 0 Å². The van der Waals surface area contributed by atoms with Gasteiger partial charge in [-0.3, -0.25) is 4.79 Å². The van der Waals surface area contributed by atoms with Crippen LogP contribution in [0.2, 0.25) is 0 Å². The normalized spacial score (nSPS) is 12.2. The van der Waals surface area contributed by atoms with Gasteiger partial charge >= 0.3 is 5.97 Å². The molecule has 0 heterocycles. The Bertz CT molecular complexity index is 393. The van der Waals surface area contributed by atoms with Crippen LogP contribution >= 0.6 is 15.9 Å². The summed E-state index contributed by atoms with van der Waals surface area (Å²) in [6.45, 7) is 3.93. The standard InChI is InChI=1S/C12H16BrNO2/c1-8-4-5-10(13)7-11(8)14(3)9(2)6-12(15)16/h4-5,7,9H,6H2,1-3H3,(H,15,16). The summed E-state index contributed by atoms with van der Waals surface area (Å²) in [5.74, 6) is -0.771. The lowest BCUT2D eigenvalue weighted by Gasteiger charge is -2.27. The van der Waals surface area contributed by atoms with Gasteiger partial charge in [0, 0.05) is 23.2 Å². The van der Waals surface area contributed by atoms with Crippen LogP contribution in [-0.2, 0) is 4.79 Å². The van der Waals surface area contributed by atoms with E-state index in [4.69, 9.17) is 5.11 Å². The molecule has 1 rings (SSSR count). The van der Waals surface area contributed by atoms with Crippen LogP contribution < -0.4 is 4.90 Å². The monoisotopic (exact) mass is 285 g/mol. The second-order valence-electron chi connectivity index (χ2n) is 3.99. The third-order valence-corrected chi connectivity index (χ3v) is 3.18. The van der Waals surface area contributed by atoms with Crippen LogP contribution in [0.15, 0.2) is 22.7 Å². The lowest BCUT2D eigenvalue weighted by Crippen LogP contribution is -2.31. The van der Waals surface area contributed by atoms with Crippen molar-refractivity contribution in [1.29, 1.82) is 0 Å². The molecule has 1 aromatic carbocycles. The molecule has 1 unspecified atom stereocenters. The number of nitrogens with zero attached hydrogens (tertiary/aromatic N) is 1. The summed E-state index contributed by atoms with van der Waals surface area (Å²) in [6, 6.07) is 5.98. The van der Waals surface area contributed by atoms with Gasteiger partial charge in [0.2, 0.25) is 0 Å². The van der Waals surface area contributed by atoms with Crippen molar-refractivity contribution in [2.45, 2.75) is 26.3 Å². The number of hydrogen-bond acceptors (Lipinski definition) is 2. The van der Waals surface area contributed by atoms with Gasteiger partial charge in [0.1, 0.15) is 0 Å². The summed E-state index contributed by atoms with van der Waals surface area (Å²) in [4.78, 5) is 12.7. The first kappa shape index (κ1) is 13.0. The summed E-state index contributed by atoms with van der Waals surface area (Å²) in [6.07, 6.45) is 0.141. The zero-order valence-corrected chi connectivity index (χ0v) is 11.3. The number of rotatable bonds is 4. The zero-order valence-electron chi connectivity index (χ0n) is 9.70. The average Bonchev–Trinajstić information content (AvgIpc) is 2.19. The molecule has 0 spiro atoms. The van der Waals surface area contributed by atoms with Gasteiger partial charge in [-0.15, -0.1) is 0 Å². The summed E-state index contributed by atoms with van der Waals surface area (Å²) in [7, 11) is 1.92. The number of hydrogen-bond donors (Lipinski definition) is 1. The van der Waals surface area contributed by atoms with E-state index in [0.29, 0.717) is 0 Å². The molecule has 3 nitrogen and oxygen atoms in total. The van der Waals surface area contributed by atoms with Crippen molar-refractivity contribution in [1.82, 2.24) is 0 Å². The predicted molar refractivity (Wildman–Crippen MR) is 69.0 cm³/mol. The van der Waals surface area contributed by atoms with Crippen molar-refractivity contribution in [3.8, 4) is 0 Å². The molecule has 88 valence electrons. The largest absolute Gasteiger partial charge is 0.481 e. The molecule has 4 heteroatoms. The number of carbonyl (C=O) groups is 1. The lowest BCUT2D eigenvalue weighted by atomic mass is 10.1. The Labute approximate surface area is 104 Å². The van der Waals surface area contributed by atoms with Crippen molar-refractivity contribution in [2.75, 3.05) is 11.9 Å². The van der Waals surface area contributed by atoms with E-state index < -0.39 is 5.97 Å². The molecular formula is C12H16BrNO2. The van der Waals surface area contributed by atoms with E-state index >= 15 is 0 Å². The maximum atomic E-state index is 10.7. The van der Waals surface area contributed by atoms with Crippen molar-refractivity contribution < 1.29 is 9.90 Å². The Hall–Kier alpha value is -1.03. The van der Waals surface area contributed by atoms with Gasteiger partial charge < -0.3 is 10.0 Å². The summed E-state index contributed by atoms with van der Waals surface area (Å²) in [5, 5.41) is 8.77. The molecular weight excluding hydrogens is 270 g/mol. The molecule has 0 radical (unpaired) electrons. The number of halogens is 1. The Morgan fingerprint density at radius 1 is 1.56 bits per heavy atom. The van der Waals surface area contributed by atoms with Crippen LogP contribution in [0.3, 0.4) is 0 Å². The van der Waals surface area contributed by atoms with Crippen molar-refractivity contribution in [3.05, 3.63) is 28.2 Å². The van der Waals surface area contributed by atoms with Gasteiger partial charge in [0.15, 0.2) is 0 Å². The van der Waals surface area contributed by atoms with E-state index in [-0.39, 0.29) is 12.5 Å². The molecule has 0 aromatic heterocycles. The molecule has 1 N–H and O–H groups in total. The number of aliphatic carboxylic acids is 1. The number of anilines is 1. The molecule has 1 atom stereocenters. The first-order chi connectivity index (χ1) is 7.41. The number of aryl methyl sites for hydroxylation is 1. The topological polar surface area (TPSA) is 40.5 Å². The molecule has 0 saturated heterocycles. The maximum Gasteiger partial charge on any atom is 0.305 e. The summed E-state index contributed by atoms with van der Waals surface area (Å²) < 4.78 is 1.00. The minimum absolute atomic E-state index is 0.0227. The first-order valence-electron chi connectivity index (χ1n) is 5.12. The Balaban J connectivity index is 2.90. The molecule has 0 aliphatic heterocycles. The number of carboxylic acid groups (broad SMARTS) is 1. The van der Waals surface area contributed by atoms with E-state index in [1.54, 1.807) is 0 Å². The second-order valence-corrected chi connectivity index (χ2v) is 4.90. The molecule has 0 saturated carbocycles. The zero-order chi connectivity index (χ0) is 12.3. The van der Waals surface area contributed by atoms with Crippen LogP contribution in [0, 0.1) is 6.92 Å². The number of benzene rings is 1. The van der Waals surface area contributed by atoms with E-state index in [0.717, 1.165) is 15.7 Å². The molecule has 0 amide bonds. The summed E-state index contributed by atoms with van der Waals surface area (Å²) in [5.41, 5.74) is 2.20. The lowest BCUT2D eigenvalue weighted by molar-refractivity contribution is -0.137. The third-order valence-electron chi connectivity index (χ3n) is 2.68. The minimum atomic E-state index is -0.771. The highest BCUT2D eigenvalue weighted by molar-refractivity contribution is 9.10. The SMILES string of the molecule is Cc1ccc(Br)cc1N(C)C(C)CC(=O)O. The average molecular weight is 286 g/mol.